The molecule has 0 aromatic heterocycles. The van der Waals surface area contributed by atoms with Gasteiger partial charge in [-0.05, 0) is 111 Å². The van der Waals surface area contributed by atoms with Crippen LogP contribution in [0.1, 0.15) is 102 Å². The van der Waals surface area contributed by atoms with Crippen molar-refractivity contribution in [1.82, 2.24) is 5.32 Å². The number of hydrogen-bond donors (Lipinski definition) is 4. The third-order valence-electron chi connectivity index (χ3n) is 13.9. The molecular formula is C57H68N6O8S2. The monoisotopic (exact) mass is 1030 g/mol. The minimum atomic E-state index is -0.414. The molecule has 5 aromatic carbocycles. The molecule has 16 heteroatoms. The number of benzene rings is 5. The maximum atomic E-state index is 14.1. The van der Waals surface area contributed by atoms with Gasteiger partial charge in [-0.1, -0.05) is 78.3 Å². The molecule has 5 aromatic rings. The minimum absolute atomic E-state index is 0.0284. The molecular weight excluding hydrogens is 961 g/mol. The van der Waals surface area contributed by atoms with Crippen molar-refractivity contribution in [3.63, 3.8) is 0 Å². The largest absolute Gasteiger partial charge is 0.493 e. The molecule has 73 heavy (non-hydrogen) atoms. The number of fused-ring (bicyclic) bond motifs is 5. The molecule has 0 saturated carbocycles. The summed E-state index contributed by atoms with van der Waals surface area (Å²) in [7, 11) is 8.26. The van der Waals surface area contributed by atoms with E-state index in [0.717, 1.165) is 54.3 Å². The molecule has 4 atom stereocenters. The van der Waals surface area contributed by atoms with E-state index in [1.54, 1.807) is 36.1 Å². The number of methoxy groups -OCH3 is 2. The predicted octanol–water partition coefficient (Wildman–Crippen LogP) is 10.6. The van der Waals surface area contributed by atoms with E-state index < -0.39 is 5.25 Å². The fourth-order valence-electron chi connectivity index (χ4n) is 9.72. The number of para-hydroxylation sites is 1. The van der Waals surface area contributed by atoms with Gasteiger partial charge in [0.05, 0.1) is 42.8 Å². The van der Waals surface area contributed by atoms with Gasteiger partial charge in [0.25, 0.3) is 5.91 Å². The Kier molecular flexibility index (Phi) is 17.4. The van der Waals surface area contributed by atoms with Crippen molar-refractivity contribution in [3.8, 4) is 23.0 Å². The summed E-state index contributed by atoms with van der Waals surface area (Å²) in [4.78, 5) is 57.1. The molecule has 3 unspecified atom stereocenters. The van der Waals surface area contributed by atoms with E-state index in [2.05, 4.69) is 85.2 Å². The third kappa shape index (κ3) is 12.5. The average molecular weight is 1030 g/mol. The lowest BCUT2D eigenvalue weighted by Crippen LogP contribution is -2.39. The summed E-state index contributed by atoms with van der Waals surface area (Å²) in [6, 6.07) is 27.6. The highest BCUT2D eigenvalue weighted by atomic mass is 33.1. The van der Waals surface area contributed by atoms with Gasteiger partial charge in [-0.3, -0.25) is 19.2 Å². The lowest BCUT2D eigenvalue weighted by Gasteiger charge is -2.24. The van der Waals surface area contributed by atoms with E-state index in [-0.39, 0.29) is 54.3 Å². The second-order valence-corrected chi connectivity index (χ2v) is 22.2. The van der Waals surface area contributed by atoms with Crippen LogP contribution in [0.25, 0.3) is 0 Å². The van der Waals surface area contributed by atoms with Gasteiger partial charge in [-0.15, -0.1) is 0 Å². The number of amides is 3. The molecule has 4 N–H and O–H groups in total. The van der Waals surface area contributed by atoms with Crippen molar-refractivity contribution in [1.29, 1.82) is 0 Å². The maximum Gasteiger partial charge on any atom is 0.260 e. The normalized spacial score (nSPS) is 16.3. The number of aldehydes is 1. The number of likely N-dealkylation sites (N-methyl/N-ethyl adjacent to an activating group) is 1. The molecule has 0 fully saturated rings. The number of carbonyl (C=O) groups excluding carboxylic acids is 4. The van der Waals surface area contributed by atoms with Gasteiger partial charge >= 0.3 is 0 Å². The Morgan fingerprint density at radius 2 is 1.55 bits per heavy atom. The first kappa shape index (κ1) is 52.8. The van der Waals surface area contributed by atoms with Gasteiger partial charge in [-0.2, -0.15) is 0 Å². The van der Waals surface area contributed by atoms with Crippen molar-refractivity contribution >= 4 is 74.0 Å². The lowest BCUT2D eigenvalue weighted by molar-refractivity contribution is -0.122. The van der Waals surface area contributed by atoms with Gasteiger partial charge in [-0.25, -0.2) is 0 Å². The Hall–Kier alpha value is -6.52. The van der Waals surface area contributed by atoms with Crippen LogP contribution >= 0.6 is 21.6 Å². The standard InChI is InChI=1S/C57H68N6O8S2/c1-9-42(10-2)60-55(65)18-16-35(4)72-73-36(5)56(66)61-43-21-37(32-70-53-27-47(41(31-64)25-51(53)68-7)58-29-44-24-40-19-34(3)15-17-49(40)62(44)6)20-38(22-43)33-71-54-28-48-46(26-52(54)69-8)57(67)63-45(30-59-48)23-39-13-11-12-14-50(39)63/h11-15,17,19-22,25-28,31,35-36,42,44-45,58-59H,9-10,16,18,23-24,29-30,32-33H2,1-8H3,(H,60,65)(H,61,66)/t35?,36?,44?,45-/m0/s1. The summed E-state index contributed by atoms with van der Waals surface area (Å²) in [6.45, 7) is 11.5. The van der Waals surface area contributed by atoms with Crippen LogP contribution in [0.3, 0.4) is 0 Å². The highest BCUT2D eigenvalue weighted by Gasteiger charge is 2.38. The number of anilines is 5. The smallest absolute Gasteiger partial charge is 0.260 e. The highest BCUT2D eigenvalue weighted by molar-refractivity contribution is 8.77. The number of ether oxygens (including phenoxy) is 4. The van der Waals surface area contributed by atoms with Crippen LogP contribution in [0.2, 0.25) is 0 Å². The average Bonchev–Trinajstić information content (AvgIpc) is 3.89. The Morgan fingerprint density at radius 1 is 0.836 bits per heavy atom. The minimum Gasteiger partial charge on any atom is -0.493 e. The molecule has 3 aliphatic heterocycles. The summed E-state index contributed by atoms with van der Waals surface area (Å²) >= 11 is 0. The Labute approximate surface area is 437 Å². The van der Waals surface area contributed by atoms with Crippen LogP contribution < -0.4 is 50.0 Å². The third-order valence-corrected chi connectivity index (χ3v) is 17.3. The van der Waals surface area contributed by atoms with Gasteiger partial charge in [0, 0.05) is 78.3 Å². The number of carbonyl (C=O) groups is 4. The molecule has 0 spiro atoms. The summed E-state index contributed by atoms with van der Waals surface area (Å²) in [6.07, 6.45) is 5.39. The van der Waals surface area contributed by atoms with E-state index in [1.165, 1.54) is 34.7 Å². The Balaban J connectivity index is 0.993. The van der Waals surface area contributed by atoms with Crippen molar-refractivity contribution in [2.24, 2.45) is 0 Å². The van der Waals surface area contributed by atoms with Crippen LogP contribution in [0.4, 0.5) is 28.4 Å². The van der Waals surface area contributed by atoms with Crippen molar-refractivity contribution in [2.75, 3.05) is 60.1 Å². The second kappa shape index (κ2) is 24.0. The fourth-order valence-corrected chi connectivity index (χ4v) is 12.1. The van der Waals surface area contributed by atoms with E-state index >= 15 is 0 Å². The quantitative estimate of drug-likeness (QED) is 0.0362. The molecule has 3 aliphatic rings. The van der Waals surface area contributed by atoms with Crippen LogP contribution in [0.5, 0.6) is 23.0 Å². The first-order chi connectivity index (χ1) is 35.3. The molecule has 0 aliphatic carbocycles. The zero-order valence-corrected chi connectivity index (χ0v) is 44.7. The summed E-state index contributed by atoms with van der Waals surface area (Å²) < 4.78 is 24.6. The van der Waals surface area contributed by atoms with Crippen molar-refractivity contribution in [2.45, 2.75) is 115 Å². The van der Waals surface area contributed by atoms with E-state index in [0.29, 0.717) is 77.1 Å². The van der Waals surface area contributed by atoms with E-state index in [1.807, 2.05) is 54.3 Å². The molecule has 386 valence electrons. The number of hydrogen-bond acceptors (Lipinski definition) is 13. The summed E-state index contributed by atoms with van der Waals surface area (Å²) in [5.74, 6) is 1.47. The fraction of sp³-hybridized carbons (Fsp3) is 0.404. The first-order valence-corrected chi connectivity index (χ1v) is 27.5. The highest BCUT2D eigenvalue weighted by Crippen LogP contribution is 2.42. The number of rotatable bonds is 23. The molecule has 8 rings (SSSR count). The Morgan fingerprint density at radius 3 is 2.26 bits per heavy atom. The first-order valence-electron chi connectivity index (χ1n) is 25.2. The van der Waals surface area contributed by atoms with Gasteiger partial charge < -0.3 is 50.0 Å². The molecule has 3 amide bonds. The lowest BCUT2D eigenvalue weighted by atomic mass is 10.1. The van der Waals surface area contributed by atoms with Crippen LogP contribution in [-0.2, 0) is 35.6 Å². The maximum absolute atomic E-state index is 14.1. The van der Waals surface area contributed by atoms with Gasteiger partial charge in [0.1, 0.15) is 13.2 Å². The second-order valence-electron chi connectivity index (χ2n) is 19.2. The van der Waals surface area contributed by atoms with Crippen LogP contribution in [-0.4, -0.2) is 87.0 Å². The SMILES string of the molecule is CCC(CC)NC(=O)CCC(C)SSC(C)C(=O)Nc1cc(COc2cc(NCC3Cc4cc(C)ccc4N3C)c(C=O)cc2OC)cc(COc2cc3c(cc2OC)C(=O)N2c4ccccc4C[C@H]2CN3)c1. The zero-order valence-electron chi connectivity index (χ0n) is 43.1. The number of aryl methyl sites for hydroxylation is 1. The van der Waals surface area contributed by atoms with E-state index in [9.17, 15) is 19.2 Å². The molecule has 3 heterocycles. The molecule has 0 radical (unpaired) electrons. The van der Waals surface area contributed by atoms with Crippen molar-refractivity contribution < 1.29 is 38.1 Å². The zero-order chi connectivity index (χ0) is 51.8. The van der Waals surface area contributed by atoms with Crippen LogP contribution in [0.15, 0.2) is 84.9 Å². The van der Waals surface area contributed by atoms with Crippen LogP contribution in [0, 0.1) is 6.92 Å². The van der Waals surface area contributed by atoms with Gasteiger partial charge in [0.2, 0.25) is 11.8 Å². The Bertz CT molecular complexity index is 2820. The predicted molar refractivity (Wildman–Crippen MR) is 296 cm³/mol. The topological polar surface area (TPSA) is 160 Å². The molecule has 0 bridgehead atoms. The summed E-state index contributed by atoms with van der Waals surface area (Å²) in [5, 5.41) is 13.0. The molecule has 0 saturated heterocycles. The van der Waals surface area contributed by atoms with E-state index in [4.69, 9.17) is 18.9 Å². The van der Waals surface area contributed by atoms with Gasteiger partial charge in [0.15, 0.2) is 29.3 Å². The summed E-state index contributed by atoms with van der Waals surface area (Å²) in [5.41, 5.74) is 10.1. The molecule has 14 nitrogen and oxygen atoms in total. The van der Waals surface area contributed by atoms with Crippen molar-refractivity contribution in [3.05, 3.63) is 124 Å². The number of nitrogens with zero attached hydrogens (tertiary/aromatic N) is 2. The number of nitrogens with one attached hydrogen (secondary N) is 4.